The molecule has 13 heavy (non-hydrogen) atoms. The van der Waals surface area contributed by atoms with Gasteiger partial charge in [-0.15, -0.1) is 11.6 Å². The van der Waals surface area contributed by atoms with E-state index in [1.54, 1.807) is 0 Å². The van der Waals surface area contributed by atoms with Gasteiger partial charge in [-0.05, 0) is 18.6 Å². The lowest BCUT2D eigenvalue weighted by molar-refractivity contribution is 0.996. The second-order valence-corrected chi connectivity index (χ2v) is 3.18. The molecule has 1 aromatic heterocycles. The molecule has 0 unspecified atom stereocenters. The van der Waals surface area contributed by atoms with Crippen LogP contribution in [0.1, 0.15) is 11.3 Å². The van der Waals surface area contributed by atoms with Crippen LogP contribution in [-0.4, -0.2) is 10.2 Å². The van der Waals surface area contributed by atoms with E-state index in [2.05, 4.69) is 10.2 Å². The Morgan fingerprint density at radius 2 is 2.00 bits per heavy atom. The third-order valence-corrected chi connectivity index (χ3v) is 2.37. The van der Waals surface area contributed by atoms with E-state index >= 15 is 0 Å². The number of aromatic nitrogens is 2. The zero-order chi connectivity index (χ0) is 9.26. The highest BCUT2D eigenvalue weighted by atomic mass is 35.5. The van der Waals surface area contributed by atoms with Crippen LogP contribution in [0, 0.1) is 6.92 Å². The van der Waals surface area contributed by atoms with Crippen molar-refractivity contribution in [2.75, 3.05) is 0 Å². The largest absolute Gasteiger partial charge is 0.155 e. The molecule has 0 aliphatic heterocycles. The third kappa shape index (κ3) is 1.38. The molecular weight excluding hydrogens is 184 g/mol. The van der Waals surface area contributed by atoms with E-state index in [0.29, 0.717) is 5.88 Å². The van der Waals surface area contributed by atoms with Crippen molar-refractivity contribution in [2.45, 2.75) is 12.8 Å². The Morgan fingerprint density at radius 1 is 1.23 bits per heavy atom. The van der Waals surface area contributed by atoms with Crippen LogP contribution in [0.2, 0.25) is 0 Å². The number of rotatable bonds is 1. The summed E-state index contributed by atoms with van der Waals surface area (Å²) in [4.78, 5) is 0. The molecule has 2 aromatic rings. The van der Waals surface area contributed by atoms with E-state index < -0.39 is 0 Å². The van der Waals surface area contributed by atoms with Crippen LogP contribution in [0.15, 0.2) is 24.3 Å². The summed E-state index contributed by atoms with van der Waals surface area (Å²) in [7, 11) is 0. The minimum Gasteiger partial charge on any atom is -0.155 e. The van der Waals surface area contributed by atoms with Gasteiger partial charge in [-0.2, -0.15) is 10.2 Å². The first-order chi connectivity index (χ1) is 6.33. The molecule has 0 amide bonds. The molecule has 1 heterocycles. The number of aryl methyl sites for hydroxylation is 1. The Balaban J connectivity index is 2.84. The van der Waals surface area contributed by atoms with Crippen molar-refractivity contribution in [2.24, 2.45) is 0 Å². The van der Waals surface area contributed by atoms with E-state index in [0.717, 1.165) is 22.2 Å². The summed E-state index contributed by atoms with van der Waals surface area (Å²) in [5, 5.41) is 9.23. The Labute approximate surface area is 81.6 Å². The third-order valence-electron chi connectivity index (χ3n) is 2.11. The van der Waals surface area contributed by atoms with E-state index in [1.165, 1.54) is 0 Å². The minimum atomic E-state index is 0.488. The van der Waals surface area contributed by atoms with Crippen molar-refractivity contribution in [1.82, 2.24) is 10.2 Å². The number of fused-ring (bicyclic) bond motifs is 1. The molecular formula is C10H9ClN2. The number of benzene rings is 1. The molecule has 0 fully saturated rings. The Kier molecular flexibility index (Phi) is 2.15. The van der Waals surface area contributed by atoms with E-state index in [9.17, 15) is 0 Å². The highest BCUT2D eigenvalue weighted by Crippen LogP contribution is 2.19. The maximum Gasteiger partial charge on any atom is 0.0933 e. The molecule has 2 rings (SSSR count). The fourth-order valence-electron chi connectivity index (χ4n) is 1.37. The van der Waals surface area contributed by atoms with Crippen molar-refractivity contribution in [1.29, 1.82) is 0 Å². The molecule has 1 aromatic carbocycles. The van der Waals surface area contributed by atoms with Gasteiger partial charge in [0.25, 0.3) is 0 Å². The minimum absolute atomic E-state index is 0.488. The van der Waals surface area contributed by atoms with Gasteiger partial charge in [-0.3, -0.25) is 0 Å². The molecule has 0 N–H and O–H groups in total. The molecule has 3 heteroatoms. The summed E-state index contributed by atoms with van der Waals surface area (Å²) in [6.07, 6.45) is 0. The van der Waals surface area contributed by atoms with Gasteiger partial charge in [0.15, 0.2) is 0 Å². The summed E-state index contributed by atoms with van der Waals surface area (Å²) < 4.78 is 0. The van der Waals surface area contributed by atoms with Gasteiger partial charge in [0.2, 0.25) is 0 Å². The average molecular weight is 193 g/mol. The second-order valence-electron chi connectivity index (χ2n) is 2.91. The molecule has 0 saturated heterocycles. The molecule has 0 spiro atoms. The van der Waals surface area contributed by atoms with Crippen molar-refractivity contribution in [3.8, 4) is 0 Å². The summed E-state index contributed by atoms with van der Waals surface area (Å²) in [5.41, 5.74) is 2.89. The zero-order valence-electron chi connectivity index (χ0n) is 7.29. The smallest absolute Gasteiger partial charge is 0.0933 e. The molecule has 2 nitrogen and oxygen atoms in total. The van der Waals surface area contributed by atoms with Gasteiger partial charge in [0.1, 0.15) is 0 Å². The lowest BCUT2D eigenvalue weighted by Crippen LogP contribution is -1.94. The topological polar surface area (TPSA) is 25.8 Å². The molecule has 0 aliphatic carbocycles. The molecule has 0 aliphatic rings. The number of hydrogen-bond donors (Lipinski definition) is 0. The summed E-state index contributed by atoms with van der Waals surface area (Å²) in [6, 6.07) is 7.90. The van der Waals surface area contributed by atoms with Crippen molar-refractivity contribution >= 4 is 22.5 Å². The van der Waals surface area contributed by atoms with Crippen LogP contribution in [0.5, 0.6) is 0 Å². The van der Waals surface area contributed by atoms with E-state index in [1.807, 2.05) is 31.2 Å². The number of halogens is 1. The fourth-order valence-corrected chi connectivity index (χ4v) is 1.71. The first-order valence-corrected chi connectivity index (χ1v) is 4.63. The van der Waals surface area contributed by atoms with E-state index in [-0.39, 0.29) is 0 Å². The number of nitrogens with zero attached hydrogens (tertiary/aromatic N) is 2. The predicted octanol–water partition coefficient (Wildman–Crippen LogP) is 2.68. The average Bonchev–Trinajstić information content (AvgIpc) is 2.18. The van der Waals surface area contributed by atoms with Gasteiger partial charge < -0.3 is 0 Å². The maximum absolute atomic E-state index is 5.84. The van der Waals surface area contributed by atoms with Crippen LogP contribution < -0.4 is 0 Å². The summed E-state index contributed by atoms with van der Waals surface area (Å²) in [6.45, 7) is 1.93. The van der Waals surface area contributed by atoms with Gasteiger partial charge in [-0.25, -0.2) is 0 Å². The zero-order valence-corrected chi connectivity index (χ0v) is 8.04. The van der Waals surface area contributed by atoms with Crippen LogP contribution in [-0.2, 0) is 5.88 Å². The van der Waals surface area contributed by atoms with Crippen LogP contribution in [0.4, 0.5) is 0 Å². The van der Waals surface area contributed by atoms with Crippen LogP contribution in [0.3, 0.4) is 0 Å². The second kappa shape index (κ2) is 3.30. The van der Waals surface area contributed by atoms with Crippen molar-refractivity contribution < 1.29 is 0 Å². The SMILES string of the molecule is Cc1nnc2ccccc2c1CCl. The summed E-state index contributed by atoms with van der Waals surface area (Å²) in [5.74, 6) is 0.488. The lowest BCUT2D eigenvalue weighted by atomic mass is 10.1. The fraction of sp³-hybridized carbons (Fsp3) is 0.200. The molecule has 66 valence electrons. The molecule has 0 atom stereocenters. The summed E-state index contributed by atoms with van der Waals surface area (Å²) >= 11 is 5.84. The van der Waals surface area contributed by atoms with Gasteiger partial charge in [0.05, 0.1) is 11.2 Å². The standard InChI is InChI=1S/C10H9ClN2/c1-7-9(6-11)8-4-2-3-5-10(8)13-12-7/h2-5H,6H2,1H3. The normalized spacial score (nSPS) is 10.6. The highest BCUT2D eigenvalue weighted by Gasteiger charge is 2.04. The molecule has 0 radical (unpaired) electrons. The Bertz CT molecular complexity index is 440. The van der Waals surface area contributed by atoms with Crippen LogP contribution in [0.25, 0.3) is 10.9 Å². The van der Waals surface area contributed by atoms with Gasteiger partial charge in [-0.1, -0.05) is 18.2 Å². The highest BCUT2D eigenvalue weighted by molar-refractivity contribution is 6.18. The van der Waals surface area contributed by atoms with Gasteiger partial charge >= 0.3 is 0 Å². The van der Waals surface area contributed by atoms with Crippen molar-refractivity contribution in [3.63, 3.8) is 0 Å². The Hall–Kier alpha value is -1.15. The molecule has 0 saturated carbocycles. The first kappa shape index (κ1) is 8.45. The van der Waals surface area contributed by atoms with Crippen molar-refractivity contribution in [3.05, 3.63) is 35.5 Å². The first-order valence-electron chi connectivity index (χ1n) is 4.10. The maximum atomic E-state index is 5.84. The molecule has 0 bridgehead atoms. The monoisotopic (exact) mass is 192 g/mol. The number of alkyl halides is 1. The van der Waals surface area contributed by atoms with Gasteiger partial charge in [0, 0.05) is 11.3 Å². The lowest BCUT2D eigenvalue weighted by Gasteiger charge is -2.03. The number of hydrogen-bond acceptors (Lipinski definition) is 2. The quantitative estimate of drug-likeness (QED) is 0.650. The predicted molar refractivity (Wildman–Crippen MR) is 53.8 cm³/mol. The van der Waals surface area contributed by atoms with E-state index in [4.69, 9.17) is 11.6 Å². The van der Waals surface area contributed by atoms with Crippen LogP contribution >= 0.6 is 11.6 Å². The Morgan fingerprint density at radius 3 is 2.77 bits per heavy atom.